The van der Waals surface area contributed by atoms with Crippen LogP contribution >= 0.6 is 0 Å². The van der Waals surface area contributed by atoms with E-state index in [0.717, 1.165) is 43.4 Å². The van der Waals surface area contributed by atoms with Gasteiger partial charge in [-0.2, -0.15) is 0 Å². The first-order valence-electron chi connectivity index (χ1n) is 7.96. The van der Waals surface area contributed by atoms with Crippen molar-refractivity contribution in [1.82, 2.24) is 15.5 Å². The minimum atomic E-state index is 0.669. The van der Waals surface area contributed by atoms with Gasteiger partial charge in [-0.15, -0.1) is 0 Å². The van der Waals surface area contributed by atoms with Crippen molar-refractivity contribution in [3.05, 3.63) is 29.8 Å². The molecule has 0 bridgehead atoms. The van der Waals surface area contributed by atoms with Crippen LogP contribution in [-0.2, 0) is 11.3 Å². The van der Waals surface area contributed by atoms with E-state index in [1.807, 2.05) is 32.3 Å². The first-order chi connectivity index (χ1) is 11.2. The van der Waals surface area contributed by atoms with E-state index in [-0.39, 0.29) is 0 Å². The third kappa shape index (κ3) is 8.42. The fourth-order valence-electron chi connectivity index (χ4n) is 1.95. The molecule has 0 aliphatic carbocycles. The van der Waals surface area contributed by atoms with Crippen molar-refractivity contribution in [3.63, 3.8) is 0 Å². The van der Waals surface area contributed by atoms with Crippen LogP contribution in [0.15, 0.2) is 29.3 Å². The molecule has 0 unspecified atom stereocenters. The highest BCUT2D eigenvalue weighted by Gasteiger charge is 2.04. The van der Waals surface area contributed by atoms with Gasteiger partial charge in [0.2, 0.25) is 0 Å². The molecular formula is C17H30N4O2. The van der Waals surface area contributed by atoms with Gasteiger partial charge in [-0.25, -0.2) is 0 Å². The number of nitrogens with zero attached hydrogens (tertiary/aromatic N) is 2. The van der Waals surface area contributed by atoms with E-state index in [9.17, 15) is 0 Å². The lowest BCUT2D eigenvalue weighted by molar-refractivity contribution is 0.195. The summed E-state index contributed by atoms with van der Waals surface area (Å²) in [6, 6.07) is 8.08. The minimum absolute atomic E-state index is 0.669. The Morgan fingerprint density at radius 1 is 1.17 bits per heavy atom. The van der Waals surface area contributed by atoms with E-state index in [1.54, 1.807) is 14.2 Å². The quantitative estimate of drug-likeness (QED) is 0.387. The Morgan fingerprint density at radius 2 is 1.96 bits per heavy atom. The SMILES string of the molecule is CN=C(NCCCOC)NCc1ccccc1OCCN(C)C. The molecule has 0 amide bonds. The van der Waals surface area contributed by atoms with Gasteiger partial charge in [0, 0.05) is 46.0 Å². The molecule has 23 heavy (non-hydrogen) atoms. The highest BCUT2D eigenvalue weighted by molar-refractivity contribution is 5.79. The van der Waals surface area contributed by atoms with Crippen LogP contribution in [0, 0.1) is 0 Å². The number of para-hydroxylation sites is 1. The smallest absolute Gasteiger partial charge is 0.191 e. The maximum absolute atomic E-state index is 5.87. The van der Waals surface area contributed by atoms with Gasteiger partial charge in [-0.3, -0.25) is 4.99 Å². The fourth-order valence-corrected chi connectivity index (χ4v) is 1.95. The predicted molar refractivity (Wildman–Crippen MR) is 95.2 cm³/mol. The van der Waals surface area contributed by atoms with E-state index >= 15 is 0 Å². The summed E-state index contributed by atoms with van der Waals surface area (Å²) in [6.07, 6.45) is 0.946. The van der Waals surface area contributed by atoms with Crippen LogP contribution in [0.3, 0.4) is 0 Å². The Kier molecular flexibility index (Phi) is 9.83. The average Bonchev–Trinajstić information content (AvgIpc) is 2.55. The number of likely N-dealkylation sites (N-methyl/N-ethyl adjacent to an activating group) is 1. The average molecular weight is 322 g/mol. The molecule has 0 saturated carbocycles. The Balaban J connectivity index is 2.46. The van der Waals surface area contributed by atoms with Crippen LogP contribution in [-0.4, -0.2) is 65.4 Å². The fraction of sp³-hybridized carbons (Fsp3) is 0.588. The molecule has 0 atom stereocenters. The number of methoxy groups -OCH3 is 1. The van der Waals surface area contributed by atoms with Crippen LogP contribution in [0.4, 0.5) is 0 Å². The van der Waals surface area contributed by atoms with Gasteiger partial charge in [-0.05, 0) is 26.6 Å². The Morgan fingerprint density at radius 3 is 2.65 bits per heavy atom. The van der Waals surface area contributed by atoms with E-state index in [4.69, 9.17) is 9.47 Å². The van der Waals surface area contributed by atoms with E-state index in [2.05, 4.69) is 26.6 Å². The zero-order chi connectivity index (χ0) is 16.9. The third-order valence-corrected chi connectivity index (χ3v) is 3.26. The van der Waals surface area contributed by atoms with E-state index in [0.29, 0.717) is 13.2 Å². The summed E-state index contributed by atoms with van der Waals surface area (Å²) >= 11 is 0. The van der Waals surface area contributed by atoms with Crippen molar-refractivity contribution < 1.29 is 9.47 Å². The first kappa shape index (κ1) is 19.3. The van der Waals surface area contributed by atoms with Crippen LogP contribution in [0.2, 0.25) is 0 Å². The number of hydrogen-bond acceptors (Lipinski definition) is 4. The van der Waals surface area contributed by atoms with Crippen LogP contribution in [0.1, 0.15) is 12.0 Å². The Labute approximate surface area is 139 Å². The van der Waals surface area contributed by atoms with E-state index in [1.165, 1.54) is 0 Å². The van der Waals surface area contributed by atoms with Gasteiger partial charge in [0.15, 0.2) is 5.96 Å². The molecule has 2 N–H and O–H groups in total. The molecular weight excluding hydrogens is 292 g/mol. The molecule has 0 saturated heterocycles. The van der Waals surface area contributed by atoms with Gasteiger partial charge in [0.05, 0.1) is 0 Å². The molecule has 0 aromatic heterocycles. The van der Waals surface area contributed by atoms with Gasteiger partial charge in [0.25, 0.3) is 0 Å². The van der Waals surface area contributed by atoms with Crippen molar-refractivity contribution >= 4 is 5.96 Å². The van der Waals surface area contributed by atoms with Crippen LogP contribution in [0.25, 0.3) is 0 Å². The summed E-state index contributed by atoms with van der Waals surface area (Å²) in [7, 11) is 7.55. The summed E-state index contributed by atoms with van der Waals surface area (Å²) in [5.41, 5.74) is 1.12. The van der Waals surface area contributed by atoms with Crippen molar-refractivity contribution in [1.29, 1.82) is 0 Å². The molecule has 1 aromatic carbocycles. The largest absolute Gasteiger partial charge is 0.492 e. The molecule has 0 fully saturated rings. The van der Waals surface area contributed by atoms with Gasteiger partial charge in [-0.1, -0.05) is 18.2 Å². The third-order valence-electron chi connectivity index (χ3n) is 3.26. The molecule has 1 aromatic rings. The molecule has 0 spiro atoms. The monoisotopic (exact) mass is 322 g/mol. The number of guanidine groups is 1. The van der Waals surface area contributed by atoms with Gasteiger partial charge < -0.3 is 25.0 Å². The maximum Gasteiger partial charge on any atom is 0.191 e. The van der Waals surface area contributed by atoms with Crippen molar-refractivity contribution in [2.45, 2.75) is 13.0 Å². The lowest BCUT2D eigenvalue weighted by Crippen LogP contribution is -2.37. The summed E-state index contributed by atoms with van der Waals surface area (Å²) in [5.74, 6) is 1.70. The Bertz CT molecular complexity index is 464. The topological polar surface area (TPSA) is 58.1 Å². The second-order valence-corrected chi connectivity index (χ2v) is 5.46. The summed E-state index contributed by atoms with van der Waals surface area (Å²) in [4.78, 5) is 6.33. The number of benzene rings is 1. The lowest BCUT2D eigenvalue weighted by atomic mass is 10.2. The van der Waals surface area contributed by atoms with E-state index < -0.39 is 0 Å². The van der Waals surface area contributed by atoms with Crippen molar-refractivity contribution in [2.75, 3.05) is 54.6 Å². The standard InChI is InChI=1S/C17H30N4O2/c1-18-17(19-10-7-12-22-4)20-14-15-8-5-6-9-16(15)23-13-11-21(2)3/h5-6,8-9H,7,10-14H2,1-4H3,(H2,18,19,20). The highest BCUT2D eigenvalue weighted by Crippen LogP contribution is 2.17. The highest BCUT2D eigenvalue weighted by atomic mass is 16.5. The number of ether oxygens (including phenoxy) is 2. The second kappa shape index (κ2) is 11.7. The zero-order valence-corrected chi connectivity index (χ0v) is 14.8. The first-order valence-corrected chi connectivity index (χ1v) is 7.96. The molecule has 0 radical (unpaired) electrons. The zero-order valence-electron chi connectivity index (χ0n) is 14.8. The lowest BCUT2D eigenvalue weighted by Gasteiger charge is -2.16. The molecule has 0 aliphatic heterocycles. The molecule has 130 valence electrons. The maximum atomic E-state index is 5.87. The van der Waals surface area contributed by atoms with Crippen molar-refractivity contribution in [3.8, 4) is 5.75 Å². The predicted octanol–water partition coefficient (Wildman–Crippen LogP) is 1.33. The number of aliphatic imine (C=N–C) groups is 1. The van der Waals surface area contributed by atoms with Crippen LogP contribution < -0.4 is 15.4 Å². The van der Waals surface area contributed by atoms with Gasteiger partial charge >= 0.3 is 0 Å². The second-order valence-electron chi connectivity index (χ2n) is 5.46. The molecule has 1 rings (SSSR count). The molecule has 0 heterocycles. The molecule has 0 aliphatic rings. The number of nitrogens with one attached hydrogen (secondary N) is 2. The molecule has 6 nitrogen and oxygen atoms in total. The number of hydrogen-bond donors (Lipinski definition) is 2. The summed E-state index contributed by atoms with van der Waals surface area (Å²) in [5, 5.41) is 6.57. The summed E-state index contributed by atoms with van der Waals surface area (Å²) in [6.45, 7) is 3.81. The molecule has 6 heteroatoms. The summed E-state index contributed by atoms with van der Waals surface area (Å²) < 4.78 is 10.9. The van der Waals surface area contributed by atoms with Crippen molar-refractivity contribution in [2.24, 2.45) is 4.99 Å². The Hall–Kier alpha value is -1.79. The van der Waals surface area contributed by atoms with Crippen LogP contribution in [0.5, 0.6) is 5.75 Å². The number of rotatable bonds is 10. The normalized spacial score (nSPS) is 11.6. The van der Waals surface area contributed by atoms with Gasteiger partial charge in [0.1, 0.15) is 12.4 Å². The minimum Gasteiger partial charge on any atom is -0.492 e.